The van der Waals surface area contributed by atoms with E-state index in [0.717, 1.165) is 24.6 Å². The van der Waals surface area contributed by atoms with Crippen LogP contribution in [0, 0.1) is 5.92 Å². The zero-order chi connectivity index (χ0) is 14.8. The number of rotatable bonds is 6. The van der Waals surface area contributed by atoms with Crippen LogP contribution in [0.15, 0.2) is 12.3 Å². The summed E-state index contributed by atoms with van der Waals surface area (Å²) >= 11 is 7.82. The minimum atomic E-state index is 0.505. The topological polar surface area (TPSA) is 50.7 Å². The van der Waals surface area contributed by atoms with E-state index in [-0.39, 0.29) is 0 Å². The van der Waals surface area contributed by atoms with Crippen LogP contribution in [0.1, 0.15) is 48.3 Å². The lowest BCUT2D eigenvalue weighted by Crippen LogP contribution is -2.03. The first-order chi connectivity index (χ1) is 10.1. The average molecular weight is 323 g/mol. The maximum Gasteiger partial charge on any atom is 0.135 e. The Morgan fingerprint density at radius 2 is 2.19 bits per heavy atom. The summed E-state index contributed by atoms with van der Waals surface area (Å²) in [6.45, 7) is 5.15. The Kier molecular flexibility index (Phi) is 4.40. The molecule has 21 heavy (non-hydrogen) atoms. The van der Waals surface area contributed by atoms with Crippen LogP contribution in [0.25, 0.3) is 0 Å². The molecule has 0 saturated heterocycles. The third-order valence-corrected chi connectivity index (χ3v) is 4.50. The second-order valence-corrected chi connectivity index (χ2v) is 7.47. The quantitative estimate of drug-likeness (QED) is 0.807. The molecular formula is C15H19ClN4S. The Labute approximate surface area is 134 Å². The molecule has 0 atom stereocenters. The number of nitrogens with zero attached hydrogens (tertiary/aromatic N) is 3. The molecule has 1 N–H and O–H groups in total. The summed E-state index contributed by atoms with van der Waals surface area (Å²) in [6.07, 6.45) is 5.33. The second-order valence-electron chi connectivity index (χ2n) is 5.88. The second kappa shape index (κ2) is 6.28. The van der Waals surface area contributed by atoms with Gasteiger partial charge in [0.15, 0.2) is 0 Å². The first-order valence-electron chi connectivity index (χ1n) is 7.32. The zero-order valence-electron chi connectivity index (χ0n) is 12.3. The fourth-order valence-electron chi connectivity index (χ4n) is 2.10. The van der Waals surface area contributed by atoms with Gasteiger partial charge in [0.1, 0.15) is 16.8 Å². The normalized spacial score (nSPS) is 14.7. The molecule has 1 saturated carbocycles. The number of halogens is 1. The predicted octanol–water partition coefficient (Wildman–Crippen LogP) is 4.27. The summed E-state index contributed by atoms with van der Waals surface area (Å²) in [5.74, 6) is 2.81. The van der Waals surface area contributed by atoms with Crippen molar-refractivity contribution in [3.63, 3.8) is 0 Å². The van der Waals surface area contributed by atoms with E-state index in [1.807, 2.05) is 6.20 Å². The van der Waals surface area contributed by atoms with Gasteiger partial charge in [-0.1, -0.05) is 25.4 Å². The van der Waals surface area contributed by atoms with Gasteiger partial charge < -0.3 is 5.32 Å². The Bertz CT molecular complexity index is 622. The number of aromatic nitrogens is 3. The average Bonchev–Trinajstić information content (AvgIpc) is 3.18. The fourth-order valence-corrected chi connectivity index (χ4v) is 3.37. The fraction of sp³-hybridized carbons (Fsp3) is 0.533. The van der Waals surface area contributed by atoms with Crippen LogP contribution < -0.4 is 5.32 Å². The number of nitrogens with one attached hydrogen (secondary N) is 1. The summed E-state index contributed by atoms with van der Waals surface area (Å²) in [5, 5.41) is 5.04. The van der Waals surface area contributed by atoms with Crippen molar-refractivity contribution in [2.45, 2.75) is 45.6 Å². The highest BCUT2D eigenvalue weighted by Crippen LogP contribution is 2.38. The smallest absolute Gasteiger partial charge is 0.135 e. The van der Waals surface area contributed by atoms with E-state index in [1.165, 1.54) is 22.7 Å². The number of thiazole rings is 1. The highest BCUT2D eigenvalue weighted by molar-refractivity contribution is 7.11. The molecule has 0 unspecified atom stereocenters. The van der Waals surface area contributed by atoms with Crippen molar-refractivity contribution in [2.75, 3.05) is 5.32 Å². The van der Waals surface area contributed by atoms with Gasteiger partial charge in [-0.05, 0) is 18.8 Å². The molecule has 0 aromatic carbocycles. The van der Waals surface area contributed by atoms with Gasteiger partial charge >= 0.3 is 0 Å². The van der Waals surface area contributed by atoms with E-state index in [4.69, 9.17) is 11.6 Å². The van der Waals surface area contributed by atoms with Crippen LogP contribution in [0.2, 0.25) is 5.15 Å². The molecule has 1 fully saturated rings. The lowest BCUT2D eigenvalue weighted by Gasteiger charge is -2.06. The van der Waals surface area contributed by atoms with Crippen LogP contribution in [-0.2, 0) is 13.0 Å². The van der Waals surface area contributed by atoms with Crippen LogP contribution >= 0.6 is 22.9 Å². The summed E-state index contributed by atoms with van der Waals surface area (Å²) in [6, 6.07) is 1.78. The number of anilines is 1. The first kappa shape index (κ1) is 14.7. The first-order valence-corrected chi connectivity index (χ1v) is 8.51. The minimum Gasteiger partial charge on any atom is -0.365 e. The van der Waals surface area contributed by atoms with Gasteiger partial charge in [0.25, 0.3) is 0 Å². The van der Waals surface area contributed by atoms with Gasteiger partial charge in [-0.2, -0.15) is 0 Å². The van der Waals surface area contributed by atoms with Crippen molar-refractivity contribution in [2.24, 2.45) is 5.92 Å². The molecule has 2 aromatic rings. The SMILES string of the molecule is CC(C)Cc1ncc(CNc2cc(Cl)nc(C3CC3)n2)s1. The largest absolute Gasteiger partial charge is 0.365 e. The molecule has 112 valence electrons. The summed E-state index contributed by atoms with van der Waals surface area (Å²) in [4.78, 5) is 14.5. The Balaban J connectivity index is 1.63. The molecular weight excluding hydrogens is 304 g/mol. The van der Waals surface area contributed by atoms with Crippen LogP contribution in [-0.4, -0.2) is 15.0 Å². The molecule has 1 aliphatic rings. The van der Waals surface area contributed by atoms with Gasteiger partial charge in [0.2, 0.25) is 0 Å². The molecule has 3 rings (SSSR count). The van der Waals surface area contributed by atoms with Crippen LogP contribution in [0.4, 0.5) is 5.82 Å². The highest BCUT2D eigenvalue weighted by atomic mass is 35.5. The van der Waals surface area contributed by atoms with Crippen molar-refractivity contribution in [1.29, 1.82) is 0 Å². The van der Waals surface area contributed by atoms with Crippen molar-refractivity contribution < 1.29 is 0 Å². The van der Waals surface area contributed by atoms with Gasteiger partial charge in [-0.3, -0.25) is 0 Å². The third kappa shape index (κ3) is 4.14. The van der Waals surface area contributed by atoms with Gasteiger partial charge in [-0.15, -0.1) is 11.3 Å². The Morgan fingerprint density at radius 3 is 2.90 bits per heavy atom. The Morgan fingerprint density at radius 1 is 1.38 bits per heavy atom. The van der Waals surface area contributed by atoms with E-state index in [2.05, 4.69) is 34.1 Å². The molecule has 0 aliphatic heterocycles. The Hall–Kier alpha value is -1.20. The lowest BCUT2D eigenvalue weighted by atomic mass is 10.1. The van der Waals surface area contributed by atoms with E-state index in [1.54, 1.807) is 17.4 Å². The van der Waals surface area contributed by atoms with Crippen molar-refractivity contribution in [1.82, 2.24) is 15.0 Å². The third-order valence-electron chi connectivity index (χ3n) is 3.28. The molecule has 0 bridgehead atoms. The van der Waals surface area contributed by atoms with Crippen LogP contribution in [0.3, 0.4) is 0 Å². The summed E-state index contributed by atoms with van der Waals surface area (Å²) < 4.78 is 0. The molecule has 0 amide bonds. The zero-order valence-corrected chi connectivity index (χ0v) is 13.8. The molecule has 2 aromatic heterocycles. The molecule has 1 aliphatic carbocycles. The van der Waals surface area contributed by atoms with Crippen molar-refractivity contribution >= 4 is 28.8 Å². The van der Waals surface area contributed by atoms with E-state index in [0.29, 0.717) is 17.0 Å². The number of hydrogen-bond donors (Lipinski definition) is 1. The van der Waals surface area contributed by atoms with E-state index in [9.17, 15) is 0 Å². The molecule has 0 spiro atoms. The number of hydrogen-bond acceptors (Lipinski definition) is 5. The molecule has 2 heterocycles. The van der Waals surface area contributed by atoms with Crippen molar-refractivity contribution in [3.8, 4) is 0 Å². The van der Waals surface area contributed by atoms with Gasteiger partial charge in [-0.25, -0.2) is 15.0 Å². The summed E-state index contributed by atoms with van der Waals surface area (Å²) in [7, 11) is 0. The maximum absolute atomic E-state index is 6.06. The summed E-state index contributed by atoms with van der Waals surface area (Å²) in [5.41, 5.74) is 0. The maximum atomic E-state index is 6.06. The van der Waals surface area contributed by atoms with Crippen LogP contribution in [0.5, 0.6) is 0 Å². The monoisotopic (exact) mass is 322 g/mol. The van der Waals surface area contributed by atoms with Crippen molar-refractivity contribution in [3.05, 3.63) is 33.1 Å². The molecule has 0 radical (unpaired) electrons. The highest BCUT2D eigenvalue weighted by Gasteiger charge is 2.27. The van der Waals surface area contributed by atoms with E-state index >= 15 is 0 Å². The minimum absolute atomic E-state index is 0.505. The molecule has 4 nitrogen and oxygen atoms in total. The lowest BCUT2D eigenvalue weighted by molar-refractivity contribution is 0.644. The molecule has 6 heteroatoms. The van der Waals surface area contributed by atoms with Gasteiger partial charge in [0, 0.05) is 29.5 Å². The predicted molar refractivity (Wildman–Crippen MR) is 87.0 cm³/mol. The standard InChI is InChI=1S/C15H19ClN4S/c1-9(2)5-14-18-8-11(21-14)7-17-13-6-12(16)19-15(20-13)10-3-4-10/h6,8-10H,3-5,7H2,1-2H3,(H,17,19,20). The van der Waals surface area contributed by atoms with E-state index < -0.39 is 0 Å². The van der Waals surface area contributed by atoms with Gasteiger partial charge in [0.05, 0.1) is 11.6 Å².